The minimum atomic E-state index is -0.648. The van der Waals surface area contributed by atoms with Gasteiger partial charge < -0.3 is 14.6 Å². The highest BCUT2D eigenvalue weighted by molar-refractivity contribution is 6.32. The third-order valence-electron chi connectivity index (χ3n) is 4.75. The lowest BCUT2D eigenvalue weighted by molar-refractivity contribution is -0.136. The number of methoxy groups -OCH3 is 2. The number of aromatic hydroxyl groups is 1. The summed E-state index contributed by atoms with van der Waals surface area (Å²) in [5.41, 5.74) is 2.38. The summed E-state index contributed by atoms with van der Waals surface area (Å²) < 4.78 is 10.0. The van der Waals surface area contributed by atoms with Crippen molar-refractivity contribution < 1.29 is 24.2 Å². The van der Waals surface area contributed by atoms with Gasteiger partial charge in [0, 0.05) is 16.3 Å². The molecule has 150 valence electrons. The number of nitrogens with zero attached hydrogens (tertiary/aromatic N) is 1. The Bertz CT molecular complexity index is 1070. The van der Waals surface area contributed by atoms with Crippen molar-refractivity contribution in [2.75, 3.05) is 19.1 Å². The molecule has 0 atom stereocenters. The molecule has 7 heteroatoms. The van der Waals surface area contributed by atoms with Gasteiger partial charge in [0.25, 0.3) is 5.91 Å². The van der Waals surface area contributed by atoms with E-state index in [1.807, 2.05) is 6.92 Å². The van der Waals surface area contributed by atoms with Crippen molar-refractivity contribution in [2.45, 2.75) is 13.8 Å². The second-order valence-corrected chi connectivity index (χ2v) is 6.89. The summed E-state index contributed by atoms with van der Waals surface area (Å²) in [6.07, 6.45) is 1.45. The number of phenolic OH excluding ortho intramolecular Hbond substituents is 1. The average molecular weight is 414 g/mol. The first-order valence-electron chi connectivity index (χ1n) is 8.78. The van der Waals surface area contributed by atoms with Crippen molar-refractivity contribution in [3.05, 3.63) is 69.4 Å². The standard InChI is InChI=1S/C22H20ClNO5/c1-12-8-9-15(11-17(12)23)24-13(2)19(22(27)29-4)16(21(24)26)10-14-6-5-7-18(28-3)20(14)25/h5-11,25H,1-4H3/b16-10-. The fourth-order valence-corrected chi connectivity index (χ4v) is 3.36. The molecule has 0 bridgehead atoms. The Morgan fingerprint density at radius 1 is 1.17 bits per heavy atom. The minimum absolute atomic E-state index is 0.106. The lowest BCUT2D eigenvalue weighted by Gasteiger charge is -2.18. The van der Waals surface area contributed by atoms with Crippen molar-refractivity contribution in [3.63, 3.8) is 0 Å². The fraction of sp³-hybridized carbons (Fsp3) is 0.182. The molecule has 1 aliphatic heterocycles. The summed E-state index contributed by atoms with van der Waals surface area (Å²) in [4.78, 5) is 27.1. The van der Waals surface area contributed by atoms with Gasteiger partial charge in [0.05, 0.1) is 31.1 Å². The number of carbonyl (C=O) groups is 2. The van der Waals surface area contributed by atoms with E-state index < -0.39 is 11.9 Å². The van der Waals surface area contributed by atoms with Crippen molar-refractivity contribution in [1.82, 2.24) is 0 Å². The molecule has 1 aliphatic rings. The van der Waals surface area contributed by atoms with Gasteiger partial charge in [-0.25, -0.2) is 4.79 Å². The molecule has 2 aromatic rings. The fourth-order valence-electron chi connectivity index (χ4n) is 3.19. The van der Waals surface area contributed by atoms with Crippen LogP contribution in [0.3, 0.4) is 0 Å². The van der Waals surface area contributed by atoms with Crippen molar-refractivity contribution in [3.8, 4) is 11.5 Å². The van der Waals surface area contributed by atoms with Crippen LogP contribution in [0, 0.1) is 6.92 Å². The van der Waals surface area contributed by atoms with Crippen molar-refractivity contribution in [1.29, 1.82) is 0 Å². The van der Waals surface area contributed by atoms with Crippen LogP contribution in [0.5, 0.6) is 11.5 Å². The third-order valence-corrected chi connectivity index (χ3v) is 5.16. The Hall–Kier alpha value is -3.25. The van der Waals surface area contributed by atoms with E-state index in [0.717, 1.165) is 5.56 Å². The van der Waals surface area contributed by atoms with Crippen LogP contribution in [-0.2, 0) is 14.3 Å². The van der Waals surface area contributed by atoms with E-state index in [4.69, 9.17) is 21.1 Å². The van der Waals surface area contributed by atoms with Gasteiger partial charge in [-0.1, -0.05) is 29.8 Å². The maximum Gasteiger partial charge on any atom is 0.340 e. The van der Waals surface area contributed by atoms with E-state index in [2.05, 4.69) is 0 Å². The Balaban J connectivity index is 2.18. The van der Waals surface area contributed by atoms with Gasteiger partial charge in [-0.15, -0.1) is 0 Å². The number of halogens is 1. The molecule has 0 unspecified atom stereocenters. The average Bonchev–Trinajstić information content (AvgIpc) is 2.95. The summed E-state index contributed by atoms with van der Waals surface area (Å²) in [5.74, 6) is -0.948. The SMILES string of the molecule is COC(=O)C1=C(C)N(c2ccc(C)c(Cl)c2)C(=O)/C1=C\c1cccc(OC)c1O. The molecule has 29 heavy (non-hydrogen) atoms. The number of ether oxygens (including phenoxy) is 2. The van der Waals surface area contributed by atoms with E-state index >= 15 is 0 Å². The molecular weight excluding hydrogens is 394 g/mol. The van der Waals surface area contributed by atoms with E-state index in [-0.39, 0.29) is 22.6 Å². The molecule has 6 nitrogen and oxygen atoms in total. The van der Waals surface area contributed by atoms with Crippen LogP contribution in [0.2, 0.25) is 5.02 Å². The summed E-state index contributed by atoms with van der Waals surface area (Å²) >= 11 is 6.23. The summed E-state index contributed by atoms with van der Waals surface area (Å²) in [6, 6.07) is 10.1. The molecule has 1 amide bonds. The van der Waals surface area contributed by atoms with Gasteiger partial charge >= 0.3 is 5.97 Å². The molecule has 0 aliphatic carbocycles. The van der Waals surface area contributed by atoms with E-state index in [1.165, 1.54) is 25.2 Å². The zero-order valence-electron chi connectivity index (χ0n) is 16.4. The van der Waals surface area contributed by atoms with Crippen LogP contribution >= 0.6 is 11.6 Å². The predicted molar refractivity (Wildman–Crippen MR) is 111 cm³/mol. The van der Waals surface area contributed by atoms with Gasteiger partial charge in [-0.05, 0) is 43.7 Å². The first-order valence-corrected chi connectivity index (χ1v) is 9.15. The van der Waals surface area contributed by atoms with Gasteiger partial charge in [-0.3, -0.25) is 9.69 Å². The quantitative estimate of drug-likeness (QED) is 0.599. The van der Waals surface area contributed by atoms with Crippen LogP contribution < -0.4 is 9.64 Å². The highest BCUT2D eigenvalue weighted by atomic mass is 35.5. The summed E-state index contributed by atoms with van der Waals surface area (Å²) in [7, 11) is 2.68. The number of hydrogen-bond acceptors (Lipinski definition) is 5. The van der Waals surface area contributed by atoms with Crippen molar-refractivity contribution in [2.24, 2.45) is 0 Å². The zero-order chi connectivity index (χ0) is 21.3. The third kappa shape index (κ3) is 3.59. The number of phenols is 1. The van der Waals surface area contributed by atoms with Crippen molar-refractivity contribution >= 4 is 35.2 Å². The summed E-state index contributed by atoms with van der Waals surface area (Å²) in [5, 5.41) is 10.9. The lowest BCUT2D eigenvalue weighted by atomic mass is 10.0. The van der Waals surface area contributed by atoms with Crippen LogP contribution in [0.25, 0.3) is 6.08 Å². The van der Waals surface area contributed by atoms with Gasteiger partial charge in [0.15, 0.2) is 11.5 Å². The molecule has 0 aromatic heterocycles. The normalized spacial score (nSPS) is 15.3. The van der Waals surface area contributed by atoms with Crippen LogP contribution in [0.1, 0.15) is 18.1 Å². The first kappa shape index (κ1) is 20.5. The molecule has 1 heterocycles. The topological polar surface area (TPSA) is 76.1 Å². The van der Waals surface area contributed by atoms with Crippen LogP contribution in [0.4, 0.5) is 5.69 Å². The number of esters is 1. The second kappa shape index (κ2) is 8.01. The van der Waals surface area contributed by atoms with Crippen LogP contribution in [-0.4, -0.2) is 31.2 Å². The largest absolute Gasteiger partial charge is 0.504 e. The Morgan fingerprint density at radius 3 is 2.52 bits per heavy atom. The van der Waals surface area contributed by atoms with E-state index in [1.54, 1.807) is 43.3 Å². The molecule has 0 saturated carbocycles. The van der Waals surface area contributed by atoms with Gasteiger partial charge in [0.2, 0.25) is 0 Å². The summed E-state index contributed by atoms with van der Waals surface area (Å²) in [6.45, 7) is 3.52. The predicted octanol–water partition coefficient (Wildman–Crippen LogP) is 4.24. The number of hydrogen-bond donors (Lipinski definition) is 1. The maximum atomic E-state index is 13.3. The number of aryl methyl sites for hydroxylation is 1. The Labute approximate surface area is 173 Å². The number of para-hydroxylation sites is 1. The number of rotatable bonds is 4. The smallest absolute Gasteiger partial charge is 0.340 e. The van der Waals surface area contributed by atoms with E-state index in [0.29, 0.717) is 22.0 Å². The molecular formula is C22H20ClNO5. The number of allylic oxidation sites excluding steroid dienone is 1. The Morgan fingerprint density at radius 2 is 1.90 bits per heavy atom. The molecule has 3 rings (SSSR count). The monoisotopic (exact) mass is 413 g/mol. The number of carbonyl (C=O) groups excluding carboxylic acids is 2. The zero-order valence-corrected chi connectivity index (χ0v) is 17.2. The number of benzene rings is 2. The molecule has 0 fully saturated rings. The van der Waals surface area contributed by atoms with E-state index in [9.17, 15) is 14.7 Å². The Kier molecular flexibility index (Phi) is 5.66. The number of anilines is 1. The highest BCUT2D eigenvalue weighted by Crippen LogP contribution is 2.38. The lowest BCUT2D eigenvalue weighted by Crippen LogP contribution is -2.24. The molecule has 0 saturated heterocycles. The first-order chi connectivity index (χ1) is 13.8. The molecule has 1 N–H and O–H groups in total. The molecule has 0 radical (unpaired) electrons. The number of amides is 1. The highest BCUT2D eigenvalue weighted by Gasteiger charge is 2.38. The van der Waals surface area contributed by atoms with Gasteiger partial charge in [0.1, 0.15) is 0 Å². The maximum absolute atomic E-state index is 13.3. The second-order valence-electron chi connectivity index (χ2n) is 6.48. The van der Waals surface area contributed by atoms with Crippen LogP contribution in [0.15, 0.2) is 53.2 Å². The van der Waals surface area contributed by atoms with Gasteiger partial charge in [-0.2, -0.15) is 0 Å². The minimum Gasteiger partial charge on any atom is -0.504 e. The molecule has 2 aromatic carbocycles. The molecule has 0 spiro atoms.